The molecule has 21 heavy (non-hydrogen) atoms. The van der Waals surface area contributed by atoms with Crippen molar-refractivity contribution in [3.05, 3.63) is 42.5 Å². The Morgan fingerprint density at radius 1 is 1.29 bits per heavy atom. The highest BCUT2D eigenvalue weighted by Crippen LogP contribution is 2.24. The molecule has 0 bridgehead atoms. The van der Waals surface area contributed by atoms with E-state index in [2.05, 4.69) is 6.58 Å². The number of amides is 1. The van der Waals surface area contributed by atoms with Crippen LogP contribution in [0.2, 0.25) is 0 Å². The Morgan fingerprint density at radius 2 is 1.95 bits per heavy atom. The molecule has 114 valence electrons. The van der Waals surface area contributed by atoms with Crippen LogP contribution in [0.5, 0.6) is 5.75 Å². The second-order valence-electron chi connectivity index (χ2n) is 5.81. The maximum Gasteiger partial charge on any atom is 0.253 e. The van der Waals surface area contributed by atoms with Gasteiger partial charge in [-0.05, 0) is 43.0 Å². The Labute approximate surface area is 127 Å². The van der Waals surface area contributed by atoms with Crippen LogP contribution in [0, 0.1) is 5.92 Å². The first kappa shape index (κ1) is 15.6. The summed E-state index contributed by atoms with van der Waals surface area (Å²) in [6, 6.07) is 7.34. The van der Waals surface area contributed by atoms with Gasteiger partial charge in [0.25, 0.3) is 5.91 Å². The molecule has 1 aromatic carbocycles. The second-order valence-corrected chi connectivity index (χ2v) is 5.81. The summed E-state index contributed by atoms with van der Waals surface area (Å²) in [7, 11) is 1.90. The van der Waals surface area contributed by atoms with Gasteiger partial charge in [-0.25, -0.2) is 0 Å². The number of hydrogen-bond acceptors (Lipinski definition) is 2. The molecule has 0 aromatic heterocycles. The molecule has 2 rings (SSSR count). The standard InChI is InChI=1S/C18H25NO2/c1-3-13-21-17-11-9-16(10-12-17)18(20)19(2)14-15-7-5-4-6-8-15/h3,9-12,15H,1,4-8,13-14H2,2H3. The van der Waals surface area contributed by atoms with Gasteiger partial charge in [0, 0.05) is 19.2 Å². The molecule has 1 aliphatic rings. The minimum Gasteiger partial charge on any atom is -0.490 e. The smallest absolute Gasteiger partial charge is 0.253 e. The van der Waals surface area contributed by atoms with Crippen LogP contribution in [0.25, 0.3) is 0 Å². The third kappa shape index (κ3) is 4.62. The maximum absolute atomic E-state index is 12.4. The van der Waals surface area contributed by atoms with Crippen molar-refractivity contribution in [2.75, 3.05) is 20.2 Å². The molecule has 0 atom stereocenters. The first-order chi connectivity index (χ1) is 10.2. The van der Waals surface area contributed by atoms with Crippen molar-refractivity contribution in [2.45, 2.75) is 32.1 Å². The highest BCUT2D eigenvalue weighted by atomic mass is 16.5. The number of nitrogens with zero attached hydrogens (tertiary/aromatic N) is 1. The van der Waals surface area contributed by atoms with Crippen LogP contribution in [-0.2, 0) is 0 Å². The number of hydrogen-bond donors (Lipinski definition) is 0. The number of carbonyl (C=O) groups is 1. The molecule has 0 saturated heterocycles. The summed E-state index contributed by atoms with van der Waals surface area (Å²) in [5.41, 5.74) is 0.722. The number of benzene rings is 1. The number of rotatable bonds is 6. The summed E-state index contributed by atoms with van der Waals surface area (Å²) >= 11 is 0. The maximum atomic E-state index is 12.4. The zero-order valence-corrected chi connectivity index (χ0v) is 12.9. The minimum atomic E-state index is 0.0934. The van der Waals surface area contributed by atoms with Crippen LogP contribution in [-0.4, -0.2) is 31.0 Å². The number of ether oxygens (including phenoxy) is 1. The third-order valence-corrected chi connectivity index (χ3v) is 4.07. The average Bonchev–Trinajstić information content (AvgIpc) is 2.53. The van der Waals surface area contributed by atoms with Gasteiger partial charge in [-0.15, -0.1) is 0 Å². The van der Waals surface area contributed by atoms with Crippen molar-refractivity contribution in [3.63, 3.8) is 0 Å². The van der Waals surface area contributed by atoms with E-state index in [-0.39, 0.29) is 5.91 Å². The average molecular weight is 287 g/mol. The first-order valence-electron chi connectivity index (χ1n) is 7.80. The fourth-order valence-electron chi connectivity index (χ4n) is 2.91. The molecule has 1 aromatic rings. The molecule has 0 heterocycles. The van der Waals surface area contributed by atoms with E-state index in [4.69, 9.17) is 4.74 Å². The van der Waals surface area contributed by atoms with Gasteiger partial charge >= 0.3 is 0 Å². The van der Waals surface area contributed by atoms with Crippen LogP contribution in [0.15, 0.2) is 36.9 Å². The molecular formula is C18H25NO2. The highest BCUT2D eigenvalue weighted by Gasteiger charge is 2.19. The van der Waals surface area contributed by atoms with Crippen molar-refractivity contribution in [3.8, 4) is 5.75 Å². The fraction of sp³-hybridized carbons (Fsp3) is 0.500. The predicted molar refractivity (Wildman–Crippen MR) is 85.7 cm³/mol. The molecule has 0 spiro atoms. The Bertz CT molecular complexity index is 461. The van der Waals surface area contributed by atoms with Gasteiger partial charge in [-0.1, -0.05) is 31.9 Å². The van der Waals surface area contributed by atoms with Gasteiger partial charge in [0.15, 0.2) is 0 Å². The van der Waals surface area contributed by atoms with Gasteiger partial charge in [-0.3, -0.25) is 4.79 Å². The van der Waals surface area contributed by atoms with Crippen LogP contribution >= 0.6 is 0 Å². The molecule has 3 heteroatoms. The lowest BCUT2D eigenvalue weighted by Crippen LogP contribution is -2.32. The monoisotopic (exact) mass is 287 g/mol. The normalized spacial score (nSPS) is 15.5. The lowest BCUT2D eigenvalue weighted by atomic mass is 9.89. The van der Waals surface area contributed by atoms with Gasteiger partial charge in [0.1, 0.15) is 12.4 Å². The van der Waals surface area contributed by atoms with E-state index in [1.807, 2.05) is 36.2 Å². The Balaban J connectivity index is 1.90. The highest BCUT2D eigenvalue weighted by molar-refractivity contribution is 5.94. The van der Waals surface area contributed by atoms with Gasteiger partial charge in [0.05, 0.1) is 0 Å². The molecule has 0 N–H and O–H groups in total. The summed E-state index contributed by atoms with van der Waals surface area (Å²) in [5.74, 6) is 1.53. The topological polar surface area (TPSA) is 29.5 Å². The van der Waals surface area contributed by atoms with E-state index in [9.17, 15) is 4.79 Å². The van der Waals surface area contributed by atoms with Crippen LogP contribution in [0.3, 0.4) is 0 Å². The summed E-state index contributed by atoms with van der Waals surface area (Å²) < 4.78 is 5.43. The zero-order chi connectivity index (χ0) is 15.1. The molecule has 0 radical (unpaired) electrons. The quantitative estimate of drug-likeness (QED) is 0.743. The largest absolute Gasteiger partial charge is 0.490 e. The van der Waals surface area contributed by atoms with Crippen molar-refractivity contribution >= 4 is 5.91 Å². The minimum absolute atomic E-state index is 0.0934. The first-order valence-corrected chi connectivity index (χ1v) is 7.80. The van der Waals surface area contributed by atoms with Crippen molar-refractivity contribution < 1.29 is 9.53 Å². The molecule has 1 saturated carbocycles. The third-order valence-electron chi connectivity index (χ3n) is 4.07. The van der Waals surface area contributed by atoms with E-state index in [1.54, 1.807) is 6.08 Å². The Hall–Kier alpha value is -1.77. The SMILES string of the molecule is C=CCOc1ccc(C(=O)N(C)CC2CCCCC2)cc1. The van der Waals surface area contributed by atoms with E-state index in [0.717, 1.165) is 17.9 Å². The second kappa shape index (κ2) is 7.87. The Kier molecular flexibility index (Phi) is 5.85. The fourth-order valence-corrected chi connectivity index (χ4v) is 2.91. The van der Waals surface area contributed by atoms with Gasteiger partial charge < -0.3 is 9.64 Å². The van der Waals surface area contributed by atoms with Crippen LogP contribution < -0.4 is 4.74 Å². The zero-order valence-electron chi connectivity index (χ0n) is 12.9. The van der Waals surface area contributed by atoms with E-state index in [0.29, 0.717) is 12.5 Å². The molecule has 1 fully saturated rings. The lowest BCUT2D eigenvalue weighted by Gasteiger charge is -2.27. The molecule has 3 nitrogen and oxygen atoms in total. The Morgan fingerprint density at radius 3 is 2.57 bits per heavy atom. The van der Waals surface area contributed by atoms with E-state index < -0.39 is 0 Å². The van der Waals surface area contributed by atoms with Gasteiger partial charge in [-0.2, -0.15) is 0 Å². The van der Waals surface area contributed by atoms with Gasteiger partial charge in [0.2, 0.25) is 0 Å². The molecule has 1 aliphatic carbocycles. The lowest BCUT2D eigenvalue weighted by molar-refractivity contribution is 0.0760. The van der Waals surface area contributed by atoms with Crippen molar-refractivity contribution in [1.29, 1.82) is 0 Å². The summed E-state index contributed by atoms with van der Waals surface area (Å²) in [6.07, 6.45) is 8.18. The van der Waals surface area contributed by atoms with E-state index in [1.165, 1.54) is 32.1 Å². The number of carbonyl (C=O) groups excluding carboxylic acids is 1. The van der Waals surface area contributed by atoms with E-state index >= 15 is 0 Å². The summed E-state index contributed by atoms with van der Waals surface area (Å²) in [5, 5.41) is 0. The van der Waals surface area contributed by atoms with Crippen LogP contribution in [0.4, 0.5) is 0 Å². The molecule has 0 aliphatic heterocycles. The molecule has 0 unspecified atom stereocenters. The van der Waals surface area contributed by atoms with Crippen LogP contribution in [0.1, 0.15) is 42.5 Å². The van der Waals surface area contributed by atoms with Crippen molar-refractivity contribution in [1.82, 2.24) is 4.90 Å². The molecular weight excluding hydrogens is 262 g/mol. The predicted octanol–water partition coefficient (Wildman–Crippen LogP) is 3.90. The van der Waals surface area contributed by atoms with Crippen molar-refractivity contribution in [2.24, 2.45) is 5.92 Å². The molecule has 1 amide bonds. The summed E-state index contributed by atoms with van der Waals surface area (Å²) in [6.45, 7) is 4.96. The summed E-state index contributed by atoms with van der Waals surface area (Å²) in [4.78, 5) is 14.3.